The summed E-state index contributed by atoms with van der Waals surface area (Å²) in [6.07, 6.45) is 0.506. The maximum Gasteiger partial charge on any atom is 0.407 e. The second-order valence-electron chi connectivity index (χ2n) is 6.53. The van der Waals surface area contributed by atoms with Gasteiger partial charge in [0.2, 0.25) is 5.95 Å². The predicted octanol–water partition coefficient (Wildman–Crippen LogP) is 2.20. The second kappa shape index (κ2) is 5.87. The van der Waals surface area contributed by atoms with E-state index in [1.807, 2.05) is 40.7 Å². The van der Waals surface area contributed by atoms with Gasteiger partial charge in [-0.2, -0.15) is 0 Å². The lowest BCUT2D eigenvalue weighted by Crippen LogP contribution is -2.40. The number of aromatic nitrogens is 2. The van der Waals surface area contributed by atoms with Gasteiger partial charge < -0.3 is 15.0 Å². The molecule has 0 saturated carbocycles. The lowest BCUT2D eigenvalue weighted by atomic mass is 10.2. The van der Waals surface area contributed by atoms with Crippen LogP contribution in [-0.2, 0) is 4.74 Å². The Hall–Kier alpha value is -1.85. The molecule has 1 aliphatic heterocycles. The molecule has 0 spiro atoms. The van der Waals surface area contributed by atoms with Crippen LogP contribution >= 0.6 is 0 Å². The van der Waals surface area contributed by atoms with Crippen molar-refractivity contribution >= 4 is 12.0 Å². The van der Waals surface area contributed by atoms with Crippen molar-refractivity contribution in [3.63, 3.8) is 0 Å². The first-order valence-corrected chi connectivity index (χ1v) is 7.30. The third-order valence-electron chi connectivity index (χ3n) is 3.16. The highest BCUT2D eigenvalue weighted by Crippen LogP contribution is 2.17. The van der Waals surface area contributed by atoms with Gasteiger partial charge in [0.1, 0.15) is 5.60 Å². The molecule has 2 heterocycles. The van der Waals surface area contributed by atoms with Crippen molar-refractivity contribution in [3.05, 3.63) is 17.5 Å². The molecule has 2 rings (SSSR count). The lowest BCUT2D eigenvalue weighted by Gasteiger charge is -2.22. The Morgan fingerprint density at radius 2 is 1.95 bits per heavy atom. The Bertz CT molecular complexity index is 505. The van der Waals surface area contributed by atoms with E-state index in [9.17, 15) is 4.79 Å². The van der Waals surface area contributed by atoms with Crippen LogP contribution in [-0.4, -0.2) is 40.8 Å². The van der Waals surface area contributed by atoms with Crippen LogP contribution in [0.5, 0.6) is 0 Å². The fourth-order valence-electron chi connectivity index (χ4n) is 2.38. The Morgan fingerprint density at radius 1 is 1.33 bits per heavy atom. The normalized spacial score (nSPS) is 18.7. The van der Waals surface area contributed by atoms with E-state index in [0.29, 0.717) is 6.54 Å². The average Bonchev–Trinajstić information content (AvgIpc) is 2.73. The molecular formula is C15H24N4O2. The number of carbonyl (C=O) groups is 1. The minimum absolute atomic E-state index is 0.0734. The van der Waals surface area contributed by atoms with E-state index in [-0.39, 0.29) is 12.1 Å². The number of aryl methyl sites for hydroxylation is 2. The van der Waals surface area contributed by atoms with Crippen LogP contribution in [0.2, 0.25) is 0 Å². The predicted molar refractivity (Wildman–Crippen MR) is 81.5 cm³/mol. The van der Waals surface area contributed by atoms with Gasteiger partial charge in [-0.25, -0.2) is 14.8 Å². The number of alkyl carbamates (subject to hydrolysis) is 1. The summed E-state index contributed by atoms with van der Waals surface area (Å²) in [5.41, 5.74) is 1.45. The molecule has 6 nitrogen and oxygen atoms in total. The van der Waals surface area contributed by atoms with Gasteiger partial charge >= 0.3 is 6.09 Å². The SMILES string of the molecule is Cc1cc(C)nc(N2CC[C@@H](NC(=O)OC(C)(C)C)C2)n1. The molecule has 1 aromatic heterocycles. The maximum absolute atomic E-state index is 11.8. The smallest absolute Gasteiger partial charge is 0.407 e. The van der Waals surface area contributed by atoms with Crippen molar-refractivity contribution in [2.45, 2.75) is 52.7 Å². The van der Waals surface area contributed by atoms with Crippen LogP contribution in [0.3, 0.4) is 0 Å². The number of carbonyl (C=O) groups excluding carboxylic acids is 1. The number of hydrogen-bond donors (Lipinski definition) is 1. The Balaban J connectivity index is 1.93. The molecular weight excluding hydrogens is 268 g/mol. The molecule has 1 saturated heterocycles. The molecule has 116 valence electrons. The van der Waals surface area contributed by atoms with Crippen LogP contribution in [0.4, 0.5) is 10.7 Å². The number of ether oxygens (including phenoxy) is 1. The van der Waals surface area contributed by atoms with Crippen molar-refractivity contribution in [2.75, 3.05) is 18.0 Å². The van der Waals surface area contributed by atoms with Crippen LogP contribution in [0.15, 0.2) is 6.07 Å². The molecule has 1 atom stereocenters. The number of nitrogens with one attached hydrogen (secondary N) is 1. The Kier molecular flexibility index (Phi) is 4.34. The van der Waals surface area contributed by atoms with Crippen LogP contribution in [0.25, 0.3) is 0 Å². The first-order chi connectivity index (χ1) is 9.73. The van der Waals surface area contributed by atoms with Crippen molar-refractivity contribution in [1.29, 1.82) is 0 Å². The third kappa shape index (κ3) is 4.58. The molecule has 0 bridgehead atoms. The summed E-state index contributed by atoms with van der Waals surface area (Å²) < 4.78 is 5.28. The molecule has 0 aromatic carbocycles. The minimum atomic E-state index is -0.473. The summed E-state index contributed by atoms with van der Waals surface area (Å²) in [5, 5.41) is 2.91. The summed E-state index contributed by atoms with van der Waals surface area (Å²) in [4.78, 5) is 22.8. The summed E-state index contributed by atoms with van der Waals surface area (Å²) in [6.45, 7) is 11.0. The van der Waals surface area contributed by atoms with E-state index in [1.165, 1.54) is 0 Å². The molecule has 1 N–H and O–H groups in total. The average molecular weight is 292 g/mol. The van der Waals surface area contributed by atoms with Crippen molar-refractivity contribution in [3.8, 4) is 0 Å². The first-order valence-electron chi connectivity index (χ1n) is 7.30. The summed E-state index contributed by atoms with van der Waals surface area (Å²) >= 11 is 0. The van der Waals surface area contributed by atoms with Crippen molar-refractivity contribution in [2.24, 2.45) is 0 Å². The van der Waals surface area contributed by atoms with E-state index < -0.39 is 5.60 Å². The first kappa shape index (κ1) is 15.5. The summed E-state index contributed by atoms with van der Waals surface area (Å²) in [6, 6.07) is 2.03. The van der Waals surface area contributed by atoms with Crippen LogP contribution in [0.1, 0.15) is 38.6 Å². The van der Waals surface area contributed by atoms with Crippen molar-refractivity contribution < 1.29 is 9.53 Å². The van der Waals surface area contributed by atoms with Gasteiger partial charge in [0.05, 0.1) is 6.04 Å². The van der Waals surface area contributed by atoms with Gasteiger partial charge in [-0.3, -0.25) is 0 Å². The molecule has 1 aliphatic rings. The van der Waals surface area contributed by atoms with Gasteiger partial charge in [-0.15, -0.1) is 0 Å². The van der Waals surface area contributed by atoms with Crippen LogP contribution in [0, 0.1) is 13.8 Å². The number of rotatable bonds is 2. The fourth-order valence-corrected chi connectivity index (χ4v) is 2.38. The molecule has 0 unspecified atom stereocenters. The van der Waals surface area contributed by atoms with Gasteiger partial charge in [0.25, 0.3) is 0 Å². The highest BCUT2D eigenvalue weighted by atomic mass is 16.6. The van der Waals surface area contributed by atoms with E-state index in [0.717, 1.165) is 30.3 Å². The zero-order valence-electron chi connectivity index (χ0n) is 13.4. The number of anilines is 1. The number of amides is 1. The second-order valence-corrected chi connectivity index (χ2v) is 6.53. The standard InChI is InChI=1S/C15H24N4O2/c1-10-8-11(2)17-13(16-10)19-7-6-12(9-19)18-14(20)21-15(3,4)5/h8,12H,6-7,9H2,1-5H3,(H,18,20)/t12-/m1/s1. The van der Waals surface area contributed by atoms with Crippen molar-refractivity contribution in [1.82, 2.24) is 15.3 Å². The molecule has 0 aliphatic carbocycles. The summed E-state index contributed by atoms with van der Waals surface area (Å²) in [5.74, 6) is 0.737. The quantitative estimate of drug-likeness (QED) is 0.905. The largest absolute Gasteiger partial charge is 0.444 e. The van der Waals surface area contributed by atoms with Gasteiger partial charge in [0, 0.05) is 24.5 Å². The highest BCUT2D eigenvalue weighted by molar-refractivity contribution is 5.68. The topological polar surface area (TPSA) is 67.4 Å². The Morgan fingerprint density at radius 3 is 2.52 bits per heavy atom. The molecule has 1 amide bonds. The van der Waals surface area contributed by atoms with Gasteiger partial charge in [0.15, 0.2) is 0 Å². The van der Waals surface area contributed by atoms with Gasteiger partial charge in [-0.1, -0.05) is 0 Å². The summed E-state index contributed by atoms with van der Waals surface area (Å²) in [7, 11) is 0. The van der Waals surface area contributed by atoms with Gasteiger partial charge in [-0.05, 0) is 47.1 Å². The van der Waals surface area contributed by atoms with E-state index in [1.54, 1.807) is 0 Å². The molecule has 21 heavy (non-hydrogen) atoms. The maximum atomic E-state index is 11.8. The van der Waals surface area contributed by atoms with Crippen LogP contribution < -0.4 is 10.2 Å². The van der Waals surface area contributed by atoms with E-state index in [4.69, 9.17) is 4.74 Å². The Labute approximate surface area is 125 Å². The van der Waals surface area contributed by atoms with E-state index >= 15 is 0 Å². The monoisotopic (exact) mass is 292 g/mol. The lowest BCUT2D eigenvalue weighted by molar-refractivity contribution is 0.0509. The van der Waals surface area contributed by atoms with E-state index in [2.05, 4.69) is 20.2 Å². The fraction of sp³-hybridized carbons (Fsp3) is 0.667. The third-order valence-corrected chi connectivity index (χ3v) is 3.16. The molecule has 1 aromatic rings. The molecule has 6 heteroatoms. The minimum Gasteiger partial charge on any atom is -0.444 e. The number of hydrogen-bond acceptors (Lipinski definition) is 5. The zero-order valence-corrected chi connectivity index (χ0v) is 13.4. The molecule has 0 radical (unpaired) electrons. The zero-order chi connectivity index (χ0) is 15.6. The molecule has 1 fully saturated rings. The number of nitrogens with zero attached hydrogens (tertiary/aromatic N) is 3. The highest BCUT2D eigenvalue weighted by Gasteiger charge is 2.27.